The van der Waals surface area contributed by atoms with E-state index in [9.17, 15) is 0 Å². The molecular weight excluding hydrogens is 102 g/mol. The molecule has 0 unspecified atom stereocenters. The standard InChI is InChI=1S/C5H7N3/c6-3-1-2-4-8-5-7/h8H,1-2,4H2. The molecule has 3 nitrogen and oxygen atoms in total. The molecule has 0 spiro atoms. The van der Waals surface area contributed by atoms with E-state index in [0.717, 1.165) is 6.42 Å². The van der Waals surface area contributed by atoms with Crippen molar-refractivity contribution in [3.05, 3.63) is 0 Å². The molecule has 0 amide bonds. The summed E-state index contributed by atoms with van der Waals surface area (Å²) in [6.07, 6.45) is 3.04. The maximum absolute atomic E-state index is 8.00. The smallest absolute Gasteiger partial charge is 0.176 e. The molecule has 0 fully saturated rings. The van der Waals surface area contributed by atoms with Crippen LogP contribution in [0.2, 0.25) is 0 Å². The minimum atomic E-state index is 0.522. The second-order valence-corrected chi connectivity index (χ2v) is 1.30. The van der Waals surface area contributed by atoms with Crippen molar-refractivity contribution in [1.82, 2.24) is 5.32 Å². The summed E-state index contributed by atoms with van der Waals surface area (Å²) in [6, 6.07) is 1.98. The highest BCUT2D eigenvalue weighted by molar-refractivity contribution is 4.71. The van der Waals surface area contributed by atoms with E-state index in [2.05, 4.69) is 5.32 Å². The van der Waals surface area contributed by atoms with Gasteiger partial charge < -0.3 is 5.32 Å². The van der Waals surface area contributed by atoms with E-state index in [1.807, 2.05) is 6.07 Å². The third-order valence-electron chi connectivity index (χ3n) is 0.669. The summed E-state index contributed by atoms with van der Waals surface area (Å²) in [5.41, 5.74) is 0. The number of unbranched alkanes of at least 4 members (excludes halogenated alkanes) is 1. The van der Waals surface area contributed by atoms with Crippen molar-refractivity contribution in [2.45, 2.75) is 12.8 Å². The predicted molar refractivity (Wildman–Crippen MR) is 28.5 cm³/mol. The fourth-order valence-electron chi connectivity index (χ4n) is 0.312. The zero-order valence-corrected chi connectivity index (χ0v) is 4.52. The Bertz CT molecular complexity index is 101. The molecular formula is C5H7N3. The van der Waals surface area contributed by atoms with Crippen LogP contribution in [0.15, 0.2) is 0 Å². The van der Waals surface area contributed by atoms with E-state index in [-0.39, 0.29) is 0 Å². The number of rotatable bonds is 3. The predicted octanol–water partition coefficient (Wildman–Crippen LogP) is 0.361. The van der Waals surface area contributed by atoms with Crippen molar-refractivity contribution in [2.24, 2.45) is 0 Å². The fraction of sp³-hybridized carbons (Fsp3) is 0.600. The molecule has 0 saturated heterocycles. The Kier molecular flexibility index (Phi) is 4.90. The molecule has 0 rings (SSSR count). The second kappa shape index (κ2) is 5.78. The monoisotopic (exact) mass is 109 g/mol. The largest absolute Gasteiger partial charge is 0.324 e. The average molecular weight is 109 g/mol. The maximum Gasteiger partial charge on any atom is 0.176 e. The van der Waals surface area contributed by atoms with Crippen LogP contribution in [0.4, 0.5) is 0 Å². The average Bonchev–Trinajstić information content (AvgIpc) is 1.81. The minimum absolute atomic E-state index is 0.522. The minimum Gasteiger partial charge on any atom is -0.324 e. The Labute approximate surface area is 48.5 Å². The molecule has 0 aliphatic carbocycles. The lowest BCUT2D eigenvalue weighted by atomic mass is 10.3. The molecule has 0 saturated carbocycles. The van der Waals surface area contributed by atoms with Crippen LogP contribution in [0, 0.1) is 22.8 Å². The Morgan fingerprint density at radius 2 is 2.12 bits per heavy atom. The van der Waals surface area contributed by atoms with Crippen LogP contribution in [-0.2, 0) is 0 Å². The van der Waals surface area contributed by atoms with Crippen molar-refractivity contribution in [3.8, 4) is 12.3 Å². The van der Waals surface area contributed by atoms with Crippen molar-refractivity contribution in [1.29, 1.82) is 10.5 Å². The van der Waals surface area contributed by atoms with Gasteiger partial charge in [0.1, 0.15) is 0 Å². The maximum atomic E-state index is 8.00. The zero-order valence-electron chi connectivity index (χ0n) is 4.52. The lowest BCUT2D eigenvalue weighted by molar-refractivity contribution is 0.778. The normalized spacial score (nSPS) is 6.75. The van der Waals surface area contributed by atoms with Crippen molar-refractivity contribution in [3.63, 3.8) is 0 Å². The van der Waals surface area contributed by atoms with Crippen LogP contribution < -0.4 is 5.32 Å². The molecule has 0 atom stereocenters. The van der Waals surface area contributed by atoms with Crippen molar-refractivity contribution in [2.75, 3.05) is 6.54 Å². The molecule has 1 N–H and O–H groups in total. The number of hydrogen-bond acceptors (Lipinski definition) is 3. The zero-order chi connectivity index (χ0) is 6.24. The van der Waals surface area contributed by atoms with Crippen molar-refractivity contribution < 1.29 is 0 Å². The molecule has 0 aromatic carbocycles. The second-order valence-electron chi connectivity index (χ2n) is 1.30. The first-order valence-electron chi connectivity index (χ1n) is 2.40. The van der Waals surface area contributed by atoms with E-state index in [1.165, 1.54) is 0 Å². The van der Waals surface area contributed by atoms with Crippen LogP contribution in [-0.4, -0.2) is 6.54 Å². The highest BCUT2D eigenvalue weighted by Gasteiger charge is 1.80. The lowest BCUT2D eigenvalue weighted by Crippen LogP contribution is -2.05. The van der Waals surface area contributed by atoms with Gasteiger partial charge in [0, 0.05) is 13.0 Å². The van der Waals surface area contributed by atoms with Gasteiger partial charge in [0.2, 0.25) is 0 Å². The van der Waals surface area contributed by atoms with E-state index >= 15 is 0 Å². The molecule has 42 valence electrons. The first kappa shape index (κ1) is 6.78. The molecule has 0 heterocycles. The fourth-order valence-corrected chi connectivity index (χ4v) is 0.312. The van der Waals surface area contributed by atoms with Crippen LogP contribution in [0.3, 0.4) is 0 Å². The Hall–Kier alpha value is -1.22. The van der Waals surface area contributed by atoms with Gasteiger partial charge in [-0.1, -0.05) is 0 Å². The summed E-state index contributed by atoms with van der Waals surface area (Å²) >= 11 is 0. The van der Waals surface area contributed by atoms with Gasteiger partial charge in [0.25, 0.3) is 0 Å². The summed E-state index contributed by atoms with van der Waals surface area (Å²) in [5, 5.41) is 18.4. The molecule has 0 aliphatic heterocycles. The third kappa shape index (κ3) is 4.78. The number of nitrogens with zero attached hydrogens (tertiary/aromatic N) is 2. The number of nitrogens with one attached hydrogen (secondary N) is 1. The summed E-state index contributed by atoms with van der Waals surface area (Å²) in [4.78, 5) is 0. The quantitative estimate of drug-likeness (QED) is 0.323. The summed E-state index contributed by atoms with van der Waals surface area (Å²) in [5.74, 6) is 0. The number of hydrogen-bond donors (Lipinski definition) is 1. The highest BCUT2D eigenvalue weighted by atomic mass is 14.8. The van der Waals surface area contributed by atoms with Crippen LogP contribution in [0.1, 0.15) is 12.8 Å². The number of nitriles is 2. The Morgan fingerprint density at radius 3 is 2.62 bits per heavy atom. The summed E-state index contributed by atoms with van der Waals surface area (Å²) < 4.78 is 0. The molecule has 0 bridgehead atoms. The van der Waals surface area contributed by atoms with E-state index in [0.29, 0.717) is 13.0 Å². The Morgan fingerprint density at radius 1 is 1.38 bits per heavy atom. The summed E-state index contributed by atoms with van der Waals surface area (Å²) in [6.45, 7) is 0.615. The summed E-state index contributed by atoms with van der Waals surface area (Å²) in [7, 11) is 0. The molecule has 0 radical (unpaired) electrons. The van der Waals surface area contributed by atoms with E-state index < -0.39 is 0 Å². The van der Waals surface area contributed by atoms with E-state index in [4.69, 9.17) is 10.5 Å². The first-order chi connectivity index (χ1) is 3.91. The topological polar surface area (TPSA) is 59.6 Å². The first-order valence-corrected chi connectivity index (χ1v) is 2.40. The van der Waals surface area contributed by atoms with Gasteiger partial charge in [0.15, 0.2) is 6.19 Å². The third-order valence-corrected chi connectivity index (χ3v) is 0.669. The van der Waals surface area contributed by atoms with Gasteiger partial charge in [-0.25, -0.2) is 0 Å². The molecule has 8 heavy (non-hydrogen) atoms. The molecule has 0 aromatic rings. The highest BCUT2D eigenvalue weighted by Crippen LogP contribution is 1.80. The Balaban J connectivity index is 2.77. The van der Waals surface area contributed by atoms with Gasteiger partial charge in [0.05, 0.1) is 6.07 Å². The molecule has 0 aromatic heterocycles. The van der Waals surface area contributed by atoms with Crippen LogP contribution in [0.5, 0.6) is 0 Å². The van der Waals surface area contributed by atoms with Gasteiger partial charge in [-0.15, -0.1) is 0 Å². The van der Waals surface area contributed by atoms with Crippen LogP contribution in [0.25, 0.3) is 0 Å². The van der Waals surface area contributed by atoms with Crippen LogP contribution >= 0.6 is 0 Å². The molecule has 0 aliphatic rings. The van der Waals surface area contributed by atoms with Gasteiger partial charge in [-0.05, 0) is 6.42 Å². The van der Waals surface area contributed by atoms with Gasteiger partial charge in [-0.2, -0.15) is 10.5 Å². The van der Waals surface area contributed by atoms with Crippen molar-refractivity contribution >= 4 is 0 Å². The lowest BCUT2D eigenvalue weighted by Gasteiger charge is -1.87. The molecule has 3 heteroatoms. The van der Waals surface area contributed by atoms with E-state index in [1.54, 1.807) is 6.19 Å². The van der Waals surface area contributed by atoms with Gasteiger partial charge in [-0.3, -0.25) is 0 Å². The SMILES string of the molecule is N#CCCCNC#N. The van der Waals surface area contributed by atoms with Gasteiger partial charge >= 0.3 is 0 Å².